The third kappa shape index (κ3) is 3.94. The number of thioether (sulfide) groups is 1. The fourth-order valence-corrected chi connectivity index (χ4v) is 3.75. The summed E-state index contributed by atoms with van der Waals surface area (Å²) in [6, 6.07) is 13.6. The lowest BCUT2D eigenvalue weighted by Crippen LogP contribution is -2.14. The first-order valence-corrected chi connectivity index (χ1v) is 10.0. The Morgan fingerprint density at radius 2 is 1.77 bits per heavy atom. The summed E-state index contributed by atoms with van der Waals surface area (Å²) >= 11 is 1.58. The maximum absolute atomic E-state index is 5.37. The summed E-state index contributed by atoms with van der Waals surface area (Å²) in [4.78, 5) is 0. The van der Waals surface area contributed by atoms with Gasteiger partial charge in [-0.25, -0.2) is 5.43 Å². The molecule has 1 aliphatic rings. The van der Waals surface area contributed by atoms with Crippen LogP contribution in [-0.2, 0) is 0 Å². The quantitative estimate of drug-likeness (QED) is 0.460. The third-order valence-electron chi connectivity index (χ3n) is 4.34. The Labute approximate surface area is 177 Å². The maximum Gasteiger partial charge on any atom is 0.266 e. The van der Waals surface area contributed by atoms with Gasteiger partial charge in [0.1, 0.15) is 0 Å². The lowest BCUT2D eigenvalue weighted by molar-refractivity contribution is 0.324. The first-order chi connectivity index (χ1) is 14.7. The number of aromatic nitrogens is 3. The van der Waals surface area contributed by atoms with E-state index in [0.29, 0.717) is 28.4 Å². The molecule has 0 radical (unpaired) electrons. The van der Waals surface area contributed by atoms with Crippen molar-refractivity contribution in [2.24, 2.45) is 10.2 Å². The molecule has 1 N–H and O–H groups in total. The number of hydrazone groups is 1. The van der Waals surface area contributed by atoms with Crippen molar-refractivity contribution in [3.05, 3.63) is 53.6 Å². The van der Waals surface area contributed by atoms with Gasteiger partial charge in [0.2, 0.25) is 10.9 Å². The van der Waals surface area contributed by atoms with E-state index in [0.717, 1.165) is 22.6 Å². The van der Waals surface area contributed by atoms with Gasteiger partial charge in [-0.15, -0.1) is 10.2 Å². The average molecular weight is 424 g/mol. The molecule has 2 aromatic carbocycles. The van der Waals surface area contributed by atoms with Crippen molar-refractivity contribution in [2.75, 3.05) is 32.5 Å². The minimum atomic E-state index is 0.425. The van der Waals surface area contributed by atoms with Crippen LogP contribution in [0.2, 0.25) is 0 Å². The van der Waals surface area contributed by atoms with E-state index in [-0.39, 0.29) is 0 Å². The summed E-state index contributed by atoms with van der Waals surface area (Å²) in [5.41, 5.74) is 5.68. The number of nitrogens with one attached hydrogen (secondary N) is 1. The molecule has 9 nitrogen and oxygen atoms in total. The summed E-state index contributed by atoms with van der Waals surface area (Å²) in [5.74, 6) is 2.78. The van der Waals surface area contributed by atoms with Gasteiger partial charge in [0.05, 0.1) is 33.3 Å². The van der Waals surface area contributed by atoms with Crippen LogP contribution in [0, 0.1) is 0 Å². The molecule has 0 saturated carbocycles. The molecular formula is C20H20N6O3S. The zero-order chi connectivity index (χ0) is 20.9. The Morgan fingerprint density at radius 3 is 2.43 bits per heavy atom. The van der Waals surface area contributed by atoms with Gasteiger partial charge < -0.3 is 14.2 Å². The monoisotopic (exact) mass is 424 g/mol. The second kappa shape index (κ2) is 8.87. The normalized spacial score (nSPS) is 13.0. The fraction of sp³-hybridized carbons (Fsp3) is 0.200. The van der Waals surface area contributed by atoms with Crippen molar-refractivity contribution in [1.29, 1.82) is 0 Å². The van der Waals surface area contributed by atoms with Crippen molar-refractivity contribution in [2.45, 2.75) is 5.16 Å². The van der Waals surface area contributed by atoms with E-state index in [1.165, 1.54) is 0 Å². The number of benzene rings is 2. The molecule has 0 aliphatic carbocycles. The Morgan fingerprint density at radius 1 is 1.03 bits per heavy atom. The lowest BCUT2D eigenvalue weighted by Gasteiger charge is -2.13. The molecule has 0 unspecified atom stereocenters. The zero-order valence-electron chi connectivity index (χ0n) is 16.7. The Hall–Kier alpha value is -3.53. The van der Waals surface area contributed by atoms with Gasteiger partial charge in [-0.2, -0.15) is 14.9 Å². The minimum absolute atomic E-state index is 0.425. The molecule has 0 bridgehead atoms. The van der Waals surface area contributed by atoms with Crippen LogP contribution < -0.4 is 19.6 Å². The SMILES string of the molecule is COc1cc(/C=N/Nc2nnc3n2N=C(c2ccccc2)CS3)cc(OC)c1OC. The Bertz CT molecular complexity index is 1070. The van der Waals surface area contributed by atoms with E-state index in [2.05, 4.69) is 25.8 Å². The fourth-order valence-electron chi connectivity index (χ4n) is 2.91. The molecule has 0 saturated heterocycles. The van der Waals surface area contributed by atoms with Crippen LogP contribution >= 0.6 is 11.8 Å². The molecule has 3 aromatic rings. The summed E-state index contributed by atoms with van der Waals surface area (Å²) in [6.45, 7) is 0. The Balaban J connectivity index is 1.56. The molecule has 154 valence electrons. The molecule has 2 heterocycles. The highest BCUT2D eigenvalue weighted by atomic mass is 32.2. The standard InChI is InChI=1S/C20H20N6O3S/c1-27-16-9-13(10-17(28-2)18(16)29-3)11-21-22-19-23-24-20-26(19)25-15(12-30-20)14-7-5-4-6-8-14/h4-11H,12H2,1-3H3,(H,22,23)/b21-11+. The summed E-state index contributed by atoms with van der Waals surface area (Å²) < 4.78 is 17.7. The van der Waals surface area contributed by atoms with Crippen LogP contribution in [-0.4, -0.2) is 53.9 Å². The summed E-state index contributed by atoms with van der Waals surface area (Å²) in [5, 5.41) is 18.0. The van der Waals surface area contributed by atoms with Gasteiger partial charge in [0.25, 0.3) is 5.95 Å². The molecule has 1 aliphatic heterocycles. The van der Waals surface area contributed by atoms with Crippen molar-refractivity contribution in [3.8, 4) is 17.2 Å². The summed E-state index contributed by atoms with van der Waals surface area (Å²) in [7, 11) is 4.70. The van der Waals surface area contributed by atoms with Gasteiger partial charge in [-0.3, -0.25) is 0 Å². The molecular weight excluding hydrogens is 404 g/mol. The van der Waals surface area contributed by atoms with E-state index in [9.17, 15) is 0 Å². The topological polar surface area (TPSA) is 95.2 Å². The number of nitrogens with zero attached hydrogens (tertiary/aromatic N) is 5. The van der Waals surface area contributed by atoms with Crippen LogP contribution in [0.15, 0.2) is 57.8 Å². The van der Waals surface area contributed by atoms with Crippen molar-refractivity contribution in [3.63, 3.8) is 0 Å². The first kappa shape index (κ1) is 19.8. The lowest BCUT2D eigenvalue weighted by atomic mass is 10.1. The van der Waals surface area contributed by atoms with E-state index in [4.69, 9.17) is 14.2 Å². The van der Waals surface area contributed by atoms with Gasteiger partial charge in [0.15, 0.2) is 11.5 Å². The number of anilines is 1. The third-order valence-corrected chi connectivity index (χ3v) is 5.27. The minimum Gasteiger partial charge on any atom is -0.493 e. The van der Waals surface area contributed by atoms with Crippen molar-refractivity contribution < 1.29 is 14.2 Å². The van der Waals surface area contributed by atoms with Crippen LogP contribution in [0.4, 0.5) is 5.95 Å². The van der Waals surface area contributed by atoms with Crippen LogP contribution in [0.1, 0.15) is 11.1 Å². The molecule has 0 amide bonds. The molecule has 0 atom stereocenters. The number of hydrogen-bond acceptors (Lipinski definition) is 9. The molecule has 0 fully saturated rings. The summed E-state index contributed by atoms with van der Waals surface area (Å²) in [6.07, 6.45) is 1.63. The second-order valence-electron chi connectivity index (χ2n) is 6.15. The number of methoxy groups -OCH3 is 3. The largest absolute Gasteiger partial charge is 0.493 e. The van der Waals surface area contributed by atoms with Gasteiger partial charge in [-0.1, -0.05) is 42.1 Å². The van der Waals surface area contributed by atoms with Crippen LogP contribution in [0.3, 0.4) is 0 Å². The molecule has 0 spiro atoms. The second-order valence-corrected chi connectivity index (χ2v) is 7.09. The van der Waals surface area contributed by atoms with E-state index in [1.807, 2.05) is 30.3 Å². The van der Waals surface area contributed by atoms with Crippen molar-refractivity contribution >= 4 is 29.6 Å². The highest BCUT2D eigenvalue weighted by Crippen LogP contribution is 2.37. The highest BCUT2D eigenvalue weighted by Gasteiger charge is 2.19. The maximum atomic E-state index is 5.37. The van der Waals surface area contributed by atoms with Gasteiger partial charge in [-0.05, 0) is 17.7 Å². The average Bonchev–Trinajstić information content (AvgIpc) is 3.21. The van der Waals surface area contributed by atoms with Crippen molar-refractivity contribution in [1.82, 2.24) is 14.9 Å². The number of ether oxygens (including phenoxy) is 3. The van der Waals surface area contributed by atoms with E-state index in [1.54, 1.807) is 56.1 Å². The van der Waals surface area contributed by atoms with Gasteiger partial charge >= 0.3 is 0 Å². The highest BCUT2D eigenvalue weighted by molar-refractivity contribution is 7.99. The van der Waals surface area contributed by atoms with Crippen LogP contribution in [0.25, 0.3) is 0 Å². The number of rotatable bonds is 7. The number of fused-ring (bicyclic) bond motifs is 1. The van der Waals surface area contributed by atoms with Crippen LogP contribution in [0.5, 0.6) is 17.2 Å². The molecule has 10 heteroatoms. The predicted octanol–water partition coefficient (Wildman–Crippen LogP) is 3.11. The zero-order valence-corrected chi connectivity index (χ0v) is 17.5. The number of hydrogen-bond donors (Lipinski definition) is 1. The molecule has 1 aromatic heterocycles. The smallest absolute Gasteiger partial charge is 0.266 e. The Kier molecular flexibility index (Phi) is 5.84. The van der Waals surface area contributed by atoms with E-state index >= 15 is 0 Å². The molecule has 4 rings (SSSR count). The van der Waals surface area contributed by atoms with Gasteiger partial charge in [0, 0.05) is 11.3 Å². The van der Waals surface area contributed by atoms with E-state index < -0.39 is 0 Å². The predicted molar refractivity (Wildman–Crippen MR) is 116 cm³/mol. The first-order valence-electron chi connectivity index (χ1n) is 9.04. The molecule has 30 heavy (non-hydrogen) atoms.